The number of carboxylic acid groups (broad SMARTS) is 1. The summed E-state index contributed by atoms with van der Waals surface area (Å²) >= 11 is 0. The van der Waals surface area contributed by atoms with Crippen molar-refractivity contribution in [3.63, 3.8) is 0 Å². The number of azo groups is 1. The highest BCUT2D eigenvalue weighted by Gasteiger charge is 2.13. The van der Waals surface area contributed by atoms with Crippen molar-refractivity contribution < 1.29 is 38.2 Å². The molecule has 3 rings (SSSR count). The molecule has 3 aromatic rings. The van der Waals surface area contributed by atoms with E-state index in [4.69, 9.17) is 10.2 Å². The second-order valence-corrected chi connectivity index (χ2v) is 9.87. The molecular weight excluding hydrogens is 542 g/mol. The molecule has 0 spiro atoms. The molecule has 0 aliphatic carbocycles. The van der Waals surface area contributed by atoms with Crippen LogP contribution in [0.1, 0.15) is 29.8 Å². The number of anilines is 1. The van der Waals surface area contributed by atoms with Gasteiger partial charge in [0.05, 0.1) is 28.4 Å². The van der Waals surface area contributed by atoms with Crippen molar-refractivity contribution in [3.05, 3.63) is 83.9 Å². The minimum Gasteiger partial charge on any atom is -0.506 e. The van der Waals surface area contributed by atoms with Crippen LogP contribution in [-0.4, -0.2) is 70.5 Å². The number of hydrogen-bond donors (Lipinski definition) is 7. The number of benzene rings is 3. The number of nitrogens with zero attached hydrogens (tertiary/aromatic N) is 3. The summed E-state index contributed by atoms with van der Waals surface area (Å²) in [6.45, 7) is 4.50. The number of phenols is 1. The van der Waals surface area contributed by atoms with E-state index < -0.39 is 21.0 Å². The minimum absolute atomic E-state index is 0.0254. The van der Waals surface area contributed by atoms with Gasteiger partial charge in [-0.1, -0.05) is 42.5 Å². The molecule has 0 saturated carbocycles. The number of aromatic carboxylic acids is 1. The summed E-state index contributed by atoms with van der Waals surface area (Å²) < 4.78 is 31.8. The summed E-state index contributed by atoms with van der Waals surface area (Å²) in [7, 11) is -4.49. The molecule has 40 heavy (non-hydrogen) atoms. The lowest BCUT2D eigenvalue weighted by Crippen LogP contribution is -2.30. The standard InChI is InChI=1S/C20H16N4O6S.C6H15NO2/c25-18-11-10-14(31(28,29)30)12-17(18)22-24-19(13-6-2-1-3-7-13)23-21-16-9-5-4-8-15(16)20(26)27;1-5(8)3-7-4-6(2)9/h1-12,22,25H,(H,26,27)(H,28,29,30);5-9H,3-4H2,1-2H3. The molecule has 0 aliphatic rings. The van der Waals surface area contributed by atoms with Gasteiger partial charge in [0.1, 0.15) is 11.4 Å². The lowest BCUT2D eigenvalue weighted by molar-refractivity contribution is 0.0697. The number of aliphatic hydroxyl groups excluding tert-OH is 2. The van der Waals surface area contributed by atoms with Crippen molar-refractivity contribution in [2.75, 3.05) is 18.5 Å². The number of hydrazone groups is 1. The summed E-state index contributed by atoms with van der Waals surface area (Å²) in [5.41, 5.74) is 2.95. The van der Waals surface area contributed by atoms with Gasteiger partial charge in [0.2, 0.25) is 5.84 Å². The molecule has 2 atom stereocenters. The molecule has 0 radical (unpaired) electrons. The van der Waals surface area contributed by atoms with Gasteiger partial charge in [-0.3, -0.25) is 9.98 Å². The van der Waals surface area contributed by atoms with Crippen LogP contribution in [0.2, 0.25) is 0 Å². The van der Waals surface area contributed by atoms with Gasteiger partial charge in [0, 0.05) is 18.7 Å². The van der Waals surface area contributed by atoms with Gasteiger partial charge in [-0.25, -0.2) is 4.79 Å². The lowest BCUT2D eigenvalue weighted by atomic mass is 10.2. The number of carbonyl (C=O) groups is 1. The van der Waals surface area contributed by atoms with Gasteiger partial charge in [-0.05, 0) is 44.2 Å². The fraction of sp³-hybridized carbons (Fsp3) is 0.231. The maximum atomic E-state index is 11.4. The molecule has 0 aromatic heterocycles. The molecule has 0 aliphatic heterocycles. The number of nitrogens with one attached hydrogen (secondary N) is 2. The third kappa shape index (κ3) is 10.9. The predicted molar refractivity (Wildman–Crippen MR) is 149 cm³/mol. The second kappa shape index (κ2) is 15.4. The maximum absolute atomic E-state index is 11.4. The van der Waals surface area contributed by atoms with Crippen LogP contribution in [0.25, 0.3) is 0 Å². The van der Waals surface area contributed by atoms with Crippen molar-refractivity contribution in [1.29, 1.82) is 0 Å². The van der Waals surface area contributed by atoms with Crippen LogP contribution in [0.15, 0.2) is 93.0 Å². The number of phenolic OH excluding ortho intramolecular Hbond substituents is 1. The predicted octanol–water partition coefficient (Wildman–Crippen LogP) is 3.23. The van der Waals surface area contributed by atoms with E-state index in [2.05, 4.69) is 26.1 Å². The molecule has 0 saturated heterocycles. The Bertz CT molecular complexity index is 1420. The van der Waals surface area contributed by atoms with Gasteiger partial charge < -0.3 is 25.7 Å². The zero-order chi connectivity index (χ0) is 29.7. The Kier molecular flexibility index (Phi) is 12.3. The zero-order valence-corrected chi connectivity index (χ0v) is 22.5. The van der Waals surface area contributed by atoms with Gasteiger partial charge in [-0.2, -0.15) is 13.5 Å². The molecule has 13 nitrogen and oxygen atoms in total. The van der Waals surface area contributed by atoms with Crippen molar-refractivity contribution >= 4 is 33.3 Å². The van der Waals surface area contributed by atoms with E-state index in [1.54, 1.807) is 56.3 Å². The first-order chi connectivity index (χ1) is 18.9. The van der Waals surface area contributed by atoms with Crippen molar-refractivity contribution in [3.8, 4) is 5.75 Å². The van der Waals surface area contributed by atoms with E-state index in [-0.39, 0.29) is 40.7 Å². The van der Waals surface area contributed by atoms with Gasteiger partial charge in [0.15, 0.2) is 0 Å². The topological polar surface area (TPSA) is 213 Å². The third-order valence-corrected chi connectivity index (χ3v) is 5.70. The average Bonchev–Trinajstić information content (AvgIpc) is 2.89. The Morgan fingerprint density at radius 1 is 0.925 bits per heavy atom. The van der Waals surface area contributed by atoms with Crippen LogP contribution in [0, 0.1) is 0 Å². The monoisotopic (exact) mass is 573 g/mol. The van der Waals surface area contributed by atoms with Crippen LogP contribution in [-0.2, 0) is 10.1 Å². The number of amidine groups is 1. The fourth-order valence-corrected chi connectivity index (χ4v) is 3.46. The average molecular weight is 574 g/mol. The van der Waals surface area contributed by atoms with Crippen LogP contribution in [0.3, 0.4) is 0 Å². The molecule has 0 heterocycles. The first-order valence-corrected chi connectivity index (χ1v) is 13.3. The maximum Gasteiger partial charge on any atom is 0.337 e. The van der Waals surface area contributed by atoms with Crippen LogP contribution < -0.4 is 10.7 Å². The van der Waals surface area contributed by atoms with E-state index >= 15 is 0 Å². The quantitative estimate of drug-likeness (QED) is 0.0469. The molecule has 0 fully saturated rings. The van der Waals surface area contributed by atoms with Crippen LogP contribution in [0.4, 0.5) is 11.4 Å². The number of rotatable bonds is 10. The molecule has 14 heteroatoms. The normalized spacial score (nSPS) is 13.3. The number of carboxylic acids is 1. The fourth-order valence-electron chi connectivity index (χ4n) is 2.95. The van der Waals surface area contributed by atoms with Gasteiger partial charge >= 0.3 is 5.97 Å². The summed E-state index contributed by atoms with van der Waals surface area (Å²) in [4.78, 5) is 10.9. The zero-order valence-electron chi connectivity index (χ0n) is 21.7. The summed E-state index contributed by atoms with van der Waals surface area (Å²) in [5.74, 6) is -1.47. The molecule has 0 amide bonds. The van der Waals surface area contributed by atoms with E-state index in [1.165, 1.54) is 12.1 Å². The van der Waals surface area contributed by atoms with E-state index in [0.29, 0.717) is 18.7 Å². The summed E-state index contributed by atoms with van der Waals surface area (Å²) in [6, 6.07) is 17.7. The number of hydrogen-bond acceptors (Lipinski definition) is 10. The highest BCUT2D eigenvalue weighted by Crippen LogP contribution is 2.27. The Labute approximate surface area is 231 Å². The Hall–Kier alpha value is -4.21. The second-order valence-electron chi connectivity index (χ2n) is 8.45. The van der Waals surface area contributed by atoms with Crippen LogP contribution in [0.5, 0.6) is 5.75 Å². The third-order valence-electron chi connectivity index (χ3n) is 4.85. The highest BCUT2D eigenvalue weighted by molar-refractivity contribution is 7.85. The Balaban J connectivity index is 0.000000536. The van der Waals surface area contributed by atoms with E-state index in [0.717, 1.165) is 18.2 Å². The van der Waals surface area contributed by atoms with Crippen LogP contribution >= 0.6 is 0 Å². The first kappa shape index (κ1) is 32.0. The number of aliphatic hydroxyl groups is 2. The van der Waals surface area contributed by atoms with E-state index in [1.807, 2.05) is 0 Å². The van der Waals surface area contributed by atoms with Gasteiger partial charge in [-0.15, -0.1) is 10.2 Å². The largest absolute Gasteiger partial charge is 0.506 e. The summed E-state index contributed by atoms with van der Waals surface area (Å²) in [6.07, 6.45) is -0.660. The summed E-state index contributed by atoms with van der Waals surface area (Å²) in [5, 5.41) is 51.6. The SMILES string of the molecule is CC(O)CNCC(C)O.O=C(O)c1ccccc1N=NC(=NNc1cc(S(=O)(=O)O)ccc1O)c1ccccc1. The van der Waals surface area contributed by atoms with Crippen molar-refractivity contribution in [2.45, 2.75) is 31.0 Å². The molecule has 7 N–H and O–H groups in total. The highest BCUT2D eigenvalue weighted by atomic mass is 32.2. The molecule has 0 bridgehead atoms. The minimum atomic E-state index is -4.49. The molecule has 2 unspecified atom stereocenters. The molecule has 214 valence electrons. The number of aromatic hydroxyl groups is 1. The smallest absolute Gasteiger partial charge is 0.337 e. The first-order valence-electron chi connectivity index (χ1n) is 11.9. The van der Waals surface area contributed by atoms with Crippen molar-refractivity contribution in [1.82, 2.24) is 5.32 Å². The van der Waals surface area contributed by atoms with E-state index in [9.17, 15) is 28.0 Å². The molecule has 3 aromatic carbocycles. The Morgan fingerprint density at radius 3 is 2.10 bits per heavy atom. The molecular formula is C26H31N5O8S. The Morgan fingerprint density at radius 2 is 1.52 bits per heavy atom. The lowest BCUT2D eigenvalue weighted by Gasteiger charge is -2.07. The van der Waals surface area contributed by atoms with Gasteiger partial charge in [0.25, 0.3) is 10.1 Å². The van der Waals surface area contributed by atoms with Crippen molar-refractivity contribution in [2.24, 2.45) is 15.3 Å².